The molecule has 0 aliphatic carbocycles. The lowest BCUT2D eigenvalue weighted by Crippen LogP contribution is -3.12. The van der Waals surface area contributed by atoms with Gasteiger partial charge in [0.15, 0.2) is 6.04 Å². The maximum atomic E-state index is 12.6. The van der Waals surface area contributed by atoms with Gasteiger partial charge in [-0.15, -0.1) is 0 Å². The average molecular weight is 413 g/mol. The Bertz CT molecular complexity index is 724. The molecule has 0 fully saturated rings. The number of anilines is 1. The van der Waals surface area contributed by atoms with Crippen molar-refractivity contribution < 1.29 is 14.4 Å². The first-order chi connectivity index (χ1) is 11.4. The van der Waals surface area contributed by atoms with Crippen LogP contribution in [-0.2, 0) is 11.3 Å². The number of halogens is 2. The van der Waals surface area contributed by atoms with Crippen LogP contribution in [0.5, 0.6) is 5.75 Å². The van der Waals surface area contributed by atoms with Crippen LogP contribution in [0, 0.1) is 0 Å². The molecule has 0 spiro atoms. The van der Waals surface area contributed by atoms with Gasteiger partial charge in [0.2, 0.25) is 0 Å². The molecule has 0 bridgehead atoms. The zero-order valence-electron chi connectivity index (χ0n) is 13.9. The molecule has 1 unspecified atom stereocenters. The Morgan fingerprint density at radius 1 is 1.33 bits per heavy atom. The minimum atomic E-state index is -0.235. The first-order valence-electron chi connectivity index (χ1n) is 7.62. The van der Waals surface area contributed by atoms with E-state index in [2.05, 4.69) is 27.3 Å². The number of hydrogen-bond acceptors (Lipinski definition) is 2. The second-order valence-corrected chi connectivity index (χ2v) is 6.96. The van der Waals surface area contributed by atoms with E-state index in [9.17, 15) is 4.79 Å². The van der Waals surface area contributed by atoms with Crippen LogP contribution in [0.15, 0.2) is 46.9 Å². The van der Waals surface area contributed by atoms with E-state index in [0.717, 1.165) is 21.5 Å². The van der Waals surface area contributed by atoms with Crippen LogP contribution in [0.2, 0.25) is 5.02 Å². The Morgan fingerprint density at radius 3 is 2.71 bits per heavy atom. The topological polar surface area (TPSA) is 42.8 Å². The molecule has 1 amide bonds. The lowest BCUT2D eigenvalue weighted by Gasteiger charge is -2.22. The predicted octanol–water partition coefficient (Wildman–Crippen LogP) is 3.15. The van der Waals surface area contributed by atoms with Crippen molar-refractivity contribution in [3.05, 3.63) is 57.5 Å². The van der Waals surface area contributed by atoms with Crippen LogP contribution in [0.3, 0.4) is 0 Å². The second kappa shape index (κ2) is 8.51. The monoisotopic (exact) mass is 411 g/mol. The van der Waals surface area contributed by atoms with Gasteiger partial charge in [0, 0.05) is 15.1 Å². The predicted molar refractivity (Wildman–Crippen MR) is 101 cm³/mol. The summed E-state index contributed by atoms with van der Waals surface area (Å²) in [6.07, 6.45) is 0. The Labute approximate surface area is 155 Å². The molecular weight excluding hydrogens is 392 g/mol. The van der Waals surface area contributed by atoms with Gasteiger partial charge in [-0.2, -0.15) is 0 Å². The molecule has 2 aromatic carbocycles. The zero-order chi connectivity index (χ0) is 17.7. The highest BCUT2D eigenvalue weighted by Crippen LogP contribution is 2.27. The number of methoxy groups -OCH3 is 1. The quantitative estimate of drug-likeness (QED) is 0.765. The number of carbonyl (C=O) groups excluding carboxylic acids is 1. The van der Waals surface area contributed by atoms with Gasteiger partial charge in [0.1, 0.15) is 12.3 Å². The molecule has 0 aliphatic heterocycles. The number of likely N-dealkylation sites (N-methyl/N-ethyl adjacent to an activating group) is 1. The molecule has 2 atom stereocenters. The lowest BCUT2D eigenvalue weighted by molar-refractivity contribution is -0.907. The minimum Gasteiger partial charge on any atom is -0.495 e. The van der Waals surface area contributed by atoms with Crippen molar-refractivity contribution in [2.45, 2.75) is 19.5 Å². The molecule has 4 nitrogen and oxygen atoms in total. The molecule has 0 aliphatic rings. The normalized spacial score (nSPS) is 13.2. The lowest BCUT2D eigenvalue weighted by atomic mass is 10.2. The molecule has 0 saturated heterocycles. The largest absolute Gasteiger partial charge is 0.495 e. The van der Waals surface area contributed by atoms with Crippen LogP contribution >= 0.6 is 27.5 Å². The standard InChI is InChI=1S/C18H20BrClN2O2/c1-12(22(2)11-13-6-4-5-7-15(13)19)18(23)21-16-10-14(20)8-9-17(16)24-3/h4-10,12H,11H2,1-3H3,(H,21,23)/p+1/t12-/m0/s1. The molecule has 2 N–H and O–H groups in total. The second-order valence-electron chi connectivity index (χ2n) is 5.67. The number of rotatable bonds is 6. The number of carbonyl (C=O) groups is 1. The van der Waals surface area contributed by atoms with Crippen molar-refractivity contribution in [3.63, 3.8) is 0 Å². The molecule has 0 saturated carbocycles. The fourth-order valence-electron chi connectivity index (χ4n) is 2.34. The zero-order valence-corrected chi connectivity index (χ0v) is 16.2. The van der Waals surface area contributed by atoms with E-state index in [1.165, 1.54) is 0 Å². The number of ether oxygens (including phenoxy) is 1. The van der Waals surface area contributed by atoms with E-state index in [1.807, 2.05) is 32.2 Å². The number of nitrogens with one attached hydrogen (secondary N) is 2. The SMILES string of the molecule is COc1ccc(Cl)cc1NC(=O)[C@H](C)[NH+](C)Cc1ccccc1Br. The van der Waals surface area contributed by atoms with Crippen LogP contribution in [-0.4, -0.2) is 26.1 Å². The fourth-order valence-corrected chi connectivity index (χ4v) is 2.93. The Kier molecular flexibility index (Phi) is 6.66. The van der Waals surface area contributed by atoms with Gasteiger partial charge in [-0.25, -0.2) is 0 Å². The van der Waals surface area contributed by atoms with Gasteiger partial charge in [-0.1, -0.05) is 45.7 Å². The summed E-state index contributed by atoms with van der Waals surface area (Å²) in [7, 11) is 3.56. The average Bonchev–Trinajstić information content (AvgIpc) is 2.56. The maximum absolute atomic E-state index is 12.6. The van der Waals surface area contributed by atoms with Gasteiger partial charge in [0.25, 0.3) is 5.91 Å². The van der Waals surface area contributed by atoms with Gasteiger partial charge < -0.3 is 15.0 Å². The highest BCUT2D eigenvalue weighted by molar-refractivity contribution is 9.10. The van der Waals surface area contributed by atoms with Crippen molar-refractivity contribution >= 4 is 39.1 Å². The smallest absolute Gasteiger partial charge is 0.282 e. The summed E-state index contributed by atoms with van der Waals surface area (Å²) in [6, 6.07) is 12.9. The van der Waals surface area contributed by atoms with Crippen LogP contribution < -0.4 is 15.0 Å². The highest BCUT2D eigenvalue weighted by atomic mass is 79.9. The molecular formula is C18H21BrClN2O2+. The summed E-state index contributed by atoms with van der Waals surface area (Å²) < 4.78 is 6.32. The summed E-state index contributed by atoms with van der Waals surface area (Å²) in [5, 5.41) is 3.45. The summed E-state index contributed by atoms with van der Waals surface area (Å²) in [5.41, 5.74) is 1.74. The third kappa shape index (κ3) is 4.72. The van der Waals surface area contributed by atoms with Crippen LogP contribution in [0.25, 0.3) is 0 Å². The molecule has 2 aromatic rings. The number of quaternary nitrogens is 1. The number of benzene rings is 2. The van der Waals surface area contributed by atoms with E-state index < -0.39 is 0 Å². The van der Waals surface area contributed by atoms with Gasteiger partial charge in [-0.05, 0) is 31.2 Å². The molecule has 0 radical (unpaired) electrons. The first kappa shape index (κ1) is 18.8. The molecule has 24 heavy (non-hydrogen) atoms. The Balaban J connectivity index is 2.06. The highest BCUT2D eigenvalue weighted by Gasteiger charge is 2.23. The Hall–Kier alpha value is -1.56. The van der Waals surface area contributed by atoms with E-state index in [4.69, 9.17) is 16.3 Å². The van der Waals surface area contributed by atoms with Crippen molar-refractivity contribution in [1.29, 1.82) is 0 Å². The molecule has 2 rings (SSSR count). The third-order valence-electron chi connectivity index (χ3n) is 3.98. The van der Waals surface area contributed by atoms with E-state index in [-0.39, 0.29) is 11.9 Å². The Morgan fingerprint density at radius 2 is 2.04 bits per heavy atom. The van der Waals surface area contributed by atoms with Crippen molar-refractivity contribution in [1.82, 2.24) is 0 Å². The third-order valence-corrected chi connectivity index (χ3v) is 4.99. The number of hydrogen-bond donors (Lipinski definition) is 2. The first-order valence-corrected chi connectivity index (χ1v) is 8.79. The summed E-state index contributed by atoms with van der Waals surface area (Å²) in [4.78, 5) is 13.6. The van der Waals surface area contributed by atoms with Crippen molar-refractivity contribution in [3.8, 4) is 5.75 Å². The van der Waals surface area contributed by atoms with Crippen LogP contribution in [0.4, 0.5) is 5.69 Å². The maximum Gasteiger partial charge on any atom is 0.282 e. The van der Waals surface area contributed by atoms with E-state index in [1.54, 1.807) is 25.3 Å². The molecule has 0 heterocycles. The minimum absolute atomic E-state index is 0.0832. The van der Waals surface area contributed by atoms with Gasteiger partial charge in [0.05, 0.1) is 19.8 Å². The molecule has 128 valence electrons. The van der Waals surface area contributed by atoms with E-state index >= 15 is 0 Å². The summed E-state index contributed by atoms with van der Waals surface area (Å²) in [5.74, 6) is 0.503. The van der Waals surface area contributed by atoms with Crippen molar-refractivity contribution in [2.24, 2.45) is 0 Å². The van der Waals surface area contributed by atoms with Gasteiger partial charge >= 0.3 is 0 Å². The van der Waals surface area contributed by atoms with Gasteiger partial charge in [-0.3, -0.25) is 4.79 Å². The fraction of sp³-hybridized carbons (Fsp3) is 0.278. The summed E-state index contributed by atoms with van der Waals surface area (Å²) in [6.45, 7) is 2.64. The van der Waals surface area contributed by atoms with Crippen molar-refractivity contribution in [2.75, 3.05) is 19.5 Å². The van der Waals surface area contributed by atoms with E-state index in [0.29, 0.717) is 16.5 Å². The number of amides is 1. The van der Waals surface area contributed by atoms with Crippen LogP contribution in [0.1, 0.15) is 12.5 Å². The molecule has 6 heteroatoms. The summed E-state index contributed by atoms with van der Waals surface area (Å²) >= 11 is 9.55. The molecule has 0 aromatic heterocycles.